The van der Waals surface area contributed by atoms with E-state index in [4.69, 9.17) is 5.11 Å². The summed E-state index contributed by atoms with van der Waals surface area (Å²) < 4.78 is 0. The molecule has 1 rings (SSSR count). The van der Waals surface area contributed by atoms with Gasteiger partial charge in [-0.2, -0.15) is 0 Å². The van der Waals surface area contributed by atoms with Crippen molar-refractivity contribution in [3.05, 3.63) is 0 Å². The monoisotopic (exact) mass is 257 g/mol. The number of likely N-dealkylation sites (tertiary alicyclic amines) is 1. The minimum absolute atomic E-state index is 0.0000709. The third-order valence-corrected chi connectivity index (χ3v) is 3.07. The fourth-order valence-electron chi connectivity index (χ4n) is 1.90. The molecule has 0 aromatic carbocycles. The van der Waals surface area contributed by atoms with Crippen LogP contribution < -0.4 is 5.32 Å². The predicted octanol–water partition coefficient (Wildman–Crippen LogP) is -0.419. The lowest BCUT2D eigenvalue weighted by Gasteiger charge is -2.26. The van der Waals surface area contributed by atoms with Crippen LogP contribution in [0.5, 0.6) is 0 Å². The fourth-order valence-corrected chi connectivity index (χ4v) is 1.90. The van der Waals surface area contributed by atoms with E-state index >= 15 is 0 Å². The highest BCUT2D eigenvalue weighted by atomic mass is 16.4. The maximum atomic E-state index is 12.1. The Labute approximate surface area is 106 Å². The van der Waals surface area contributed by atoms with Gasteiger partial charge in [0.05, 0.1) is 5.92 Å². The number of amides is 3. The van der Waals surface area contributed by atoms with Crippen LogP contribution >= 0.6 is 0 Å². The van der Waals surface area contributed by atoms with Crippen LogP contribution in [0, 0.1) is 5.92 Å². The molecule has 7 nitrogen and oxygen atoms in total. The fraction of sp³-hybridized carbons (Fsp3) is 0.727. The van der Waals surface area contributed by atoms with Gasteiger partial charge in [-0.1, -0.05) is 0 Å². The van der Waals surface area contributed by atoms with Crippen molar-refractivity contribution in [1.82, 2.24) is 15.1 Å². The first-order valence-corrected chi connectivity index (χ1v) is 5.96. The summed E-state index contributed by atoms with van der Waals surface area (Å²) in [7, 11) is 1.51. The lowest BCUT2D eigenvalue weighted by Crippen LogP contribution is -2.46. The van der Waals surface area contributed by atoms with E-state index in [1.54, 1.807) is 6.92 Å². The number of urea groups is 1. The largest absolute Gasteiger partial charge is 0.481 e. The molecular formula is C11H19N3O4. The number of nitrogens with one attached hydrogen (secondary N) is 1. The molecule has 1 fully saturated rings. The van der Waals surface area contributed by atoms with Gasteiger partial charge in [-0.15, -0.1) is 0 Å². The summed E-state index contributed by atoms with van der Waals surface area (Å²) in [6.45, 7) is 2.85. The van der Waals surface area contributed by atoms with E-state index in [1.165, 1.54) is 16.8 Å². The second-order valence-corrected chi connectivity index (χ2v) is 4.24. The van der Waals surface area contributed by atoms with E-state index in [2.05, 4.69) is 5.32 Å². The van der Waals surface area contributed by atoms with E-state index < -0.39 is 11.9 Å². The first-order chi connectivity index (χ1) is 8.49. The first-order valence-electron chi connectivity index (χ1n) is 5.96. The van der Waals surface area contributed by atoms with E-state index in [-0.39, 0.29) is 25.0 Å². The quantitative estimate of drug-likeness (QED) is 0.716. The molecule has 0 aromatic heterocycles. The van der Waals surface area contributed by atoms with Gasteiger partial charge in [0.25, 0.3) is 0 Å². The minimum atomic E-state index is -0.875. The molecule has 1 saturated heterocycles. The maximum Gasteiger partial charge on any atom is 0.320 e. The Morgan fingerprint density at radius 1 is 1.44 bits per heavy atom. The molecule has 1 heterocycles. The van der Waals surface area contributed by atoms with Crippen LogP contribution in [0.15, 0.2) is 0 Å². The third-order valence-electron chi connectivity index (χ3n) is 3.07. The van der Waals surface area contributed by atoms with Crippen molar-refractivity contribution < 1.29 is 19.5 Å². The molecule has 102 valence electrons. The number of rotatable bonds is 4. The van der Waals surface area contributed by atoms with Crippen LogP contribution in [0.1, 0.15) is 13.3 Å². The number of carbonyl (C=O) groups excluding carboxylic acids is 2. The Morgan fingerprint density at radius 2 is 2.11 bits per heavy atom. The molecule has 1 aliphatic rings. The molecule has 0 aromatic rings. The summed E-state index contributed by atoms with van der Waals surface area (Å²) in [6.07, 6.45) is 0.471. The predicted molar refractivity (Wildman–Crippen MR) is 64.0 cm³/mol. The Bertz CT molecular complexity index is 345. The van der Waals surface area contributed by atoms with Crippen LogP contribution in [0.2, 0.25) is 0 Å². The number of carboxylic acids is 1. The van der Waals surface area contributed by atoms with Gasteiger partial charge in [-0.05, 0) is 13.3 Å². The van der Waals surface area contributed by atoms with Crippen molar-refractivity contribution in [2.45, 2.75) is 13.3 Å². The molecule has 0 saturated carbocycles. The van der Waals surface area contributed by atoms with E-state index in [9.17, 15) is 14.4 Å². The second-order valence-electron chi connectivity index (χ2n) is 4.24. The molecule has 7 heteroatoms. The Kier molecular flexibility index (Phi) is 4.94. The number of carbonyl (C=O) groups is 3. The van der Waals surface area contributed by atoms with Gasteiger partial charge in [0.1, 0.15) is 6.54 Å². The lowest BCUT2D eigenvalue weighted by atomic mass is 10.1. The van der Waals surface area contributed by atoms with Crippen molar-refractivity contribution in [1.29, 1.82) is 0 Å². The van der Waals surface area contributed by atoms with Crippen molar-refractivity contribution in [3.8, 4) is 0 Å². The highest BCUT2D eigenvalue weighted by Gasteiger charge is 2.32. The Morgan fingerprint density at radius 3 is 2.56 bits per heavy atom. The molecule has 1 unspecified atom stereocenters. The Balaban J connectivity index is 2.57. The average Bonchev–Trinajstić information content (AvgIpc) is 2.84. The number of hydrogen-bond donors (Lipinski definition) is 2. The molecule has 18 heavy (non-hydrogen) atoms. The van der Waals surface area contributed by atoms with Crippen molar-refractivity contribution in [2.75, 3.05) is 33.2 Å². The minimum Gasteiger partial charge on any atom is -0.481 e. The van der Waals surface area contributed by atoms with Gasteiger partial charge in [0.15, 0.2) is 0 Å². The van der Waals surface area contributed by atoms with Gasteiger partial charge < -0.3 is 20.2 Å². The molecule has 0 spiro atoms. The summed E-state index contributed by atoms with van der Waals surface area (Å²) in [5, 5.41) is 11.3. The molecule has 0 bridgehead atoms. The number of aliphatic carboxylic acids is 1. The first kappa shape index (κ1) is 14.3. The van der Waals surface area contributed by atoms with E-state index in [0.29, 0.717) is 19.5 Å². The van der Waals surface area contributed by atoms with Crippen molar-refractivity contribution in [3.63, 3.8) is 0 Å². The third kappa shape index (κ3) is 3.35. The summed E-state index contributed by atoms with van der Waals surface area (Å²) in [4.78, 5) is 37.0. The number of hydrogen-bond acceptors (Lipinski definition) is 3. The zero-order valence-corrected chi connectivity index (χ0v) is 10.7. The van der Waals surface area contributed by atoms with Crippen LogP contribution in [-0.4, -0.2) is 66.0 Å². The maximum absolute atomic E-state index is 12.1. The molecule has 3 amide bonds. The van der Waals surface area contributed by atoms with Gasteiger partial charge in [0, 0.05) is 26.7 Å². The van der Waals surface area contributed by atoms with Gasteiger partial charge in [-0.25, -0.2) is 4.79 Å². The molecular weight excluding hydrogens is 238 g/mol. The molecule has 2 N–H and O–H groups in total. The second kappa shape index (κ2) is 6.23. The van der Waals surface area contributed by atoms with Crippen LogP contribution in [0.4, 0.5) is 4.79 Å². The zero-order valence-electron chi connectivity index (χ0n) is 10.7. The number of carboxylic acid groups (broad SMARTS) is 1. The smallest absolute Gasteiger partial charge is 0.320 e. The molecule has 1 aliphatic heterocycles. The van der Waals surface area contributed by atoms with Crippen molar-refractivity contribution in [2.24, 2.45) is 5.92 Å². The average molecular weight is 257 g/mol. The van der Waals surface area contributed by atoms with E-state index in [1.807, 2.05) is 0 Å². The van der Waals surface area contributed by atoms with Crippen LogP contribution in [0.25, 0.3) is 0 Å². The van der Waals surface area contributed by atoms with Crippen molar-refractivity contribution >= 4 is 17.9 Å². The molecule has 0 aliphatic carbocycles. The highest BCUT2D eigenvalue weighted by molar-refractivity contribution is 5.84. The number of likely N-dealkylation sites (N-methyl/N-ethyl adjacent to an activating group) is 2. The summed E-state index contributed by atoms with van der Waals surface area (Å²) in [6, 6.07) is -0.273. The van der Waals surface area contributed by atoms with Gasteiger partial charge >= 0.3 is 12.0 Å². The number of nitrogens with zero attached hydrogens (tertiary/aromatic N) is 2. The van der Waals surface area contributed by atoms with Gasteiger partial charge in [0.2, 0.25) is 5.91 Å². The van der Waals surface area contributed by atoms with Crippen LogP contribution in [-0.2, 0) is 9.59 Å². The highest BCUT2D eigenvalue weighted by Crippen LogP contribution is 2.17. The summed E-state index contributed by atoms with van der Waals surface area (Å²) in [5.74, 6) is -1.61. The topological polar surface area (TPSA) is 90.0 Å². The van der Waals surface area contributed by atoms with Crippen LogP contribution in [0.3, 0.4) is 0 Å². The van der Waals surface area contributed by atoms with E-state index in [0.717, 1.165) is 0 Å². The normalized spacial score (nSPS) is 18.6. The molecule has 1 atom stereocenters. The van der Waals surface area contributed by atoms with Gasteiger partial charge in [-0.3, -0.25) is 9.59 Å². The summed E-state index contributed by atoms with van der Waals surface area (Å²) >= 11 is 0. The standard InChI is InChI=1S/C11H19N3O4/c1-3-13(7-9(15)12-2)11(18)14-5-4-8(6-14)10(16)17/h8H,3-7H2,1-2H3,(H,12,15)(H,16,17). The molecule has 0 radical (unpaired) electrons. The zero-order chi connectivity index (χ0) is 13.7. The Hall–Kier alpha value is -1.79. The summed E-state index contributed by atoms with van der Waals surface area (Å²) in [5.41, 5.74) is 0. The lowest BCUT2D eigenvalue weighted by molar-refractivity contribution is -0.141. The SMILES string of the molecule is CCN(CC(=O)NC)C(=O)N1CCC(C(=O)O)C1.